The van der Waals surface area contributed by atoms with Crippen molar-refractivity contribution in [3.63, 3.8) is 0 Å². The molecule has 7 nitrogen and oxygen atoms in total. The Bertz CT molecular complexity index is 1660. The lowest BCUT2D eigenvalue weighted by molar-refractivity contribution is -0.126. The largest absolute Gasteiger partial charge is 0.450 e. The van der Waals surface area contributed by atoms with Gasteiger partial charge in [-0.25, -0.2) is 0 Å². The van der Waals surface area contributed by atoms with Crippen LogP contribution in [0.5, 0.6) is 0 Å². The van der Waals surface area contributed by atoms with Crippen LogP contribution in [0.25, 0.3) is 11.0 Å². The first-order chi connectivity index (χ1) is 17.9. The van der Waals surface area contributed by atoms with E-state index in [1.165, 1.54) is 4.90 Å². The van der Waals surface area contributed by atoms with Gasteiger partial charge in [0, 0.05) is 18.7 Å². The summed E-state index contributed by atoms with van der Waals surface area (Å²) < 4.78 is 6.06. The second kappa shape index (κ2) is 8.42. The maximum atomic E-state index is 14.6. The van der Waals surface area contributed by atoms with Gasteiger partial charge in [-0.1, -0.05) is 54.1 Å². The minimum Gasteiger partial charge on any atom is -0.450 e. The molecule has 3 heterocycles. The number of nitrogens with zero attached hydrogens (tertiary/aromatic N) is 2. The zero-order chi connectivity index (χ0) is 25.9. The molecule has 1 N–H and O–H groups in total. The number of anilines is 1. The van der Waals surface area contributed by atoms with Crippen molar-refractivity contribution in [2.45, 2.75) is 32.4 Å². The zero-order valence-electron chi connectivity index (χ0n) is 20.7. The van der Waals surface area contributed by atoms with Gasteiger partial charge in [0.25, 0.3) is 11.8 Å². The number of hydrogen-bond acceptors (Lipinski definition) is 5. The summed E-state index contributed by atoms with van der Waals surface area (Å²) in [6.07, 6.45) is 0.252. The van der Waals surface area contributed by atoms with Crippen molar-refractivity contribution < 1.29 is 19.1 Å². The van der Waals surface area contributed by atoms with Crippen LogP contribution < -0.4 is 10.3 Å². The van der Waals surface area contributed by atoms with E-state index in [4.69, 9.17) is 4.42 Å². The number of carbonyl (C=O) groups is 2. The summed E-state index contributed by atoms with van der Waals surface area (Å²) in [6.45, 7) is 4.08. The van der Waals surface area contributed by atoms with E-state index in [9.17, 15) is 19.5 Å². The predicted octanol–water partition coefficient (Wildman–Crippen LogP) is 4.04. The minimum absolute atomic E-state index is 0.0540. The molecule has 3 aromatic carbocycles. The first-order valence-corrected chi connectivity index (χ1v) is 12.4. The molecule has 0 saturated carbocycles. The SMILES string of the molecule is Cc1ccc2oc3c(c(=O)c2c1)C1(C(=O)N(Cc2ccccc2C)c2ccccc21)N(CCCO)C3=O. The molecule has 1 unspecified atom stereocenters. The quantitative estimate of drug-likeness (QED) is 0.452. The number of amides is 2. The lowest BCUT2D eigenvalue weighted by Gasteiger charge is -2.34. The summed E-state index contributed by atoms with van der Waals surface area (Å²) in [7, 11) is 0. The van der Waals surface area contributed by atoms with E-state index in [-0.39, 0.29) is 42.2 Å². The number of para-hydroxylation sites is 1. The smallest absolute Gasteiger partial charge is 0.291 e. The molecule has 2 aliphatic heterocycles. The van der Waals surface area contributed by atoms with Crippen molar-refractivity contribution in [2.24, 2.45) is 0 Å². The van der Waals surface area contributed by atoms with Crippen LogP contribution in [-0.4, -0.2) is 35.0 Å². The Morgan fingerprint density at radius 2 is 1.70 bits per heavy atom. The number of aliphatic hydroxyl groups is 1. The molecule has 2 aliphatic rings. The molecule has 0 bridgehead atoms. The molecule has 186 valence electrons. The topological polar surface area (TPSA) is 91.1 Å². The van der Waals surface area contributed by atoms with Crippen molar-refractivity contribution in [1.29, 1.82) is 0 Å². The van der Waals surface area contributed by atoms with E-state index in [1.807, 2.05) is 62.4 Å². The third-order valence-corrected chi connectivity index (χ3v) is 7.52. The van der Waals surface area contributed by atoms with Gasteiger partial charge in [-0.3, -0.25) is 14.4 Å². The summed E-state index contributed by atoms with van der Waals surface area (Å²) in [5.41, 5.74) is 2.39. The zero-order valence-corrected chi connectivity index (χ0v) is 20.7. The maximum absolute atomic E-state index is 14.6. The number of benzene rings is 3. The van der Waals surface area contributed by atoms with Crippen LogP contribution in [-0.2, 0) is 16.9 Å². The highest BCUT2D eigenvalue weighted by Crippen LogP contribution is 2.53. The van der Waals surface area contributed by atoms with Gasteiger partial charge >= 0.3 is 0 Å². The van der Waals surface area contributed by atoms with Crippen LogP contribution in [0, 0.1) is 13.8 Å². The van der Waals surface area contributed by atoms with Crippen LogP contribution in [0.15, 0.2) is 75.9 Å². The molecule has 2 amide bonds. The van der Waals surface area contributed by atoms with E-state index in [1.54, 1.807) is 23.1 Å². The number of aliphatic hydroxyl groups excluding tert-OH is 1. The van der Waals surface area contributed by atoms with Crippen molar-refractivity contribution in [2.75, 3.05) is 18.1 Å². The molecule has 0 aliphatic carbocycles. The van der Waals surface area contributed by atoms with E-state index in [2.05, 4.69) is 0 Å². The second-order valence-corrected chi connectivity index (χ2v) is 9.71. The van der Waals surface area contributed by atoms with E-state index >= 15 is 0 Å². The van der Waals surface area contributed by atoms with Crippen LogP contribution in [0.4, 0.5) is 5.69 Å². The van der Waals surface area contributed by atoms with Crippen molar-refractivity contribution in [1.82, 2.24) is 4.90 Å². The Hall–Kier alpha value is -4.23. The third-order valence-electron chi connectivity index (χ3n) is 7.52. The molecule has 6 rings (SSSR count). The van der Waals surface area contributed by atoms with Gasteiger partial charge in [-0.15, -0.1) is 0 Å². The summed E-state index contributed by atoms with van der Waals surface area (Å²) in [5, 5.41) is 9.95. The molecule has 37 heavy (non-hydrogen) atoms. The first-order valence-electron chi connectivity index (χ1n) is 12.4. The molecular weight excluding hydrogens is 468 g/mol. The molecule has 0 radical (unpaired) electrons. The number of hydrogen-bond donors (Lipinski definition) is 1. The lowest BCUT2D eigenvalue weighted by atomic mass is 9.84. The molecule has 1 aromatic heterocycles. The Balaban J connectivity index is 1.66. The summed E-state index contributed by atoms with van der Waals surface area (Å²) >= 11 is 0. The molecular formula is C30H26N2O5. The number of carbonyl (C=O) groups excluding carboxylic acids is 2. The third kappa shape index (κ3) is 3.13. The summed E-state index contributed by atoms with van der Waals surface area (Å²) in [4.78, 5) is 45.7. The van der Waals surface area contributed by atoms with Crippen LogP contribution in [0.2, 0.25) is 0 Å². The Morgan fingerprint density at radius 1 is 0.946 bits per heavy atom. The van der Waals surface area contributed by atoms with E-state index < -0.39 is 11.4 Å². The van der Waals surface area contributed by atoms with Crippen LogP contribution in [0.1, 0.15) is 44.8 Å². The van der Waals surface area contributed by atoms with Gasteiger partial charge in [0.1, 0.15) is 5.58 Å². The Morgan fingerprint density at radius 3 is 2.49 bits per heavy atom. The molecule has 0 saturated heterocycles. The van der Waals surface area contributed by atoms with Gasteiger partial charge in [-0.2, -0.15) is 0 Å². The minimum atomic E-state index is -1.67. The highest BCUT2D eigenvalue weighted by molar-refractivity contribution is 6.17. The summed E-state index contributed by atoms with van der Waals surface area (Å²) in [5.74, 6) is -1.01. The normalized spacial score (nSPS) is 18.2. The fraction of sp³-hybridized carbons (Fsp3) is 0.233. The highest BCUT2D eigenvalue weighted by Gasteiger charge is 2.64. The molecule has 0 fully saturated rings. The van der Waals surface area contributed by atoms with Crippen molar-refractivity contribution in [3.05, 3.63) is 111 Å². The molecule has 1 atom stereocenters. The average molecular weight is 495 g/mol. The van der Waals surface area contributed by atoms with Crippen LogP contribution >= 0.6 is 0 Å². The Kier molecular flexibility index (Phi) is 5.28. The highest BCUT2D eigenvalue weighted by atomic mass is 16.3. The standard InChI is InChI=1S/C30H26N2O5/c1-18-12-13-24-21(16-18)26(34)25-27(37-24)28(35)32(14-7-15-33)30(25)22-10-5-6-11-23(22)31(29(30)36)17-20-9-4-3-8-19(20)2/h3-6,8-13,16,33H,7,14-15,17H2,1-2H3. The Labute approximate surface area is 213 Å². The second-order valence-electron chi connectivity index (χ2n) is 9.71. The van der Waals surface area contributed by atoms with Gasteiger partial charge in [0.05, 0.1) is 23.2 Å². The van der Waals surface area contributed by atoms with Crippen molar-refractivity contribution in [3.8, 4) is 0 Å². The fourth-order valence-electron chi connectivity index (χ4n) is 5.75. The molecule has 4 aromatic rings. The first kappa shape index (κ1) is 23.2. The van der Waals surface area contributed by atoms with Crippen molar-refractivity contribution >= 4 is 28.5 Å². The molecule has 7 heteroatoms. The number of rotatable bonds is 5. The van der Waals surface area contributed by atoms with Gasteiger partial charge in [-0.05, 0) is 49.6 Å². The average Bonchev–Trinajstić information content (AvgIpc) is 3.29. The van der Waals surface area contributed by atoms with E-state index in [0.29, 0.717) is 28.8 Å². The van der Waals surface area contributed by atoms with Gasteiger partial charge < -0.3 is 19.3 Å². The predicted molar refractivity (Wildman–Crippen MR) is 140 cm³/mol. The molecule has 1 spiro atoms. The summed E-state index contributed by atoms with van der Waals surface area (Å²) in [6, 6.07) is 20.4. The van der Waals surface area contributed by atoms with Gasteiger partial charge in [0.2, 0.25) is 5.76 Å². The van der Waals surface area contributed by atoms with E-state index in [0.717, 1.165) is 16.7 Å². The van der Waals surface area contributed by atoms with Crippen LogP contribution in [0.3, 0.4) is 0 Å². The number of aryl methyl sites for hydroxylation is 2. The maximum Gasteiger partial charge on any atom is 0.291 e. The lowest BCUT2D eigenvalue weighted by Crippen LogP contribution is -2.53. The fourth-order valence-corrected chi connectivity index (χ4v) is 5.75. The van der Waals surface area contributed by atoms with Gasteiger partial charge in [0.15, 0.2) is 11.0 Å². The monoisotopic (exact) mass is 494 g/mol. The number of fused-ring (bicyclic) bond motifs is 5.